The van der Waals surface area contributed by atoms with Crippen LogP contribution in [0.1, 0.15) is 27.1 Å². The van der Waals surface area contributed by atoms with Crippen LogP contribution in [0.25, 0.3) is 0 Å². The molecule has 0 N–H and O–H groups in total. The fraction of sp³-hybridized carbons (Fsp3) is 0.267. The Kier molecular flexibility index (Phi) is 3.23. The van der Waals surface area contributed by atoms with E-state index >= 15 is 0 Å². The molecule has 0 radical (unpaired) electrons. The molecule has 19 heavy (non-hydrogen) atoms. The van der Waals surface area contributed by atoms with Crippen molar-refractivity contribution in [2.75, 3.05) is 11.9 Å². The summed E-state index contributed by atoms with van der Waals surface area (Å²) in [5.74, 6) is 0.171. The monoisotopic (exact) mass is 335 g/mol. The lowest BCUT2D eigenvalue weighted by molar-refractivity contribution is -0.117. The zero-order chi connectivity index (χ0) is 13.6. The predicted molar refractivity (Wildman–Crippen MR) is 83.4 cm³/mol. The lowest BCUT2D eigenvalue weighted by Gasteiger charge is -2.14. The van der Waals surface area contributed by atoms with Gasteiger partial charge in [-0.1, -0.05) is 28.1 Å². The molecule has 2 heterocycles. The van der Waals surface area contributed by atoms with Gasteiger partial charge in [-0.2, -0.15) is 11.3 Å². The molecule has 0 fully saturated rings. The number of fused-ring (bicyclic) bond motifs is 1. The number of halogens is 1. The first-order chi connectivity index (χ1) is 9.08. The molecule has 1 unspecified atom stereocenters. The molecular formula is C15H14BrNOS. The molecule has 98 valence electrons. The number of alkyl halides is 1. The molecule has 1 atom stereocenters. The molecule has 0 aliphatic carbocycles. The Labute approximate surface area is 125 Å². The first-order valence-corrected chi connectivity index (χ1v) is 8.00. The van der Waals surface area contributed by atoms with Gasteiger partial charge in [0.05, 0.1) is 11.2 Å². The number of hydrogen-bond acceptors (Lipinski definition) is 2. The highest BCUT2D eigenvalue weighted by Crippen LogP contribution is 2.37. The minimum Gasteiger partial charge on any atom is -0.315 e. The van der Waals surface area contributed by atoms with Crippen molar-refractivity contribution in [1.82, 2.24) is 0 Å². The molecule has 1 aliphatic heterocycles. The summed E-state index contributed by atoms with van der Waals surface area (Å²) < 4.78 is 0. The minimum atomic E-state index is 0.171. The number of aryl methyl sites for hydroxylation is 1. The third-order valence-electron chi connectivity index (χ3n) is 3.64. The van der Waals surface area contributed by atoms with Gasteiger partial charge in [0.15, 0.2) is 0 Å². The number of rotatable bonds is 2. The summed E-state index contributed by atoms with van der Waals surface area (Å²) >= 11 is 5.49. The number of amides is 1. The second-order valence-electron chi connectivity index (χ2n) is 4.89. The molecule has 1 aromatic carbocycles. The summed E-state index contributed by atoms with van der Waals surface area (Å²) in [6.07, 6.45) is 0.516. The minimum absolute atomic E-state index is 0.171. The van der Waals surface area contributed by atoms with Crippen molar-refractivity contribution >= 4 is 38.9 Å². The lowest BCUT2D eigenvalue weighted by atomic mass is 10.0. The van der Waals surface area contributed by atoms with Gasteiger partial charge < -0.3 is 4.90 Å². The Morgan fingerprint density at radius 3 is 2.84 bits per heavy atom. The summed E-state index contributed by atoms with van der Waals surface area (Å²) in [6.45, 7) is 2.13. The highest BCUT2D eigenvalue weighted by atomic mass is 79.9. The molecule has 0 saturated carbocycles. The van der Waals surface area contributed by atoms with Crippen LogP contribution >= 0.6 is 27.3 Å². The van der Waals surface area contributed by atoms with Gasteiger partial charge in [-0.3, -0.25) is 4.79 Å². The fourth-order valence-corrected chi connectivity index (χ4v) is 4.29. The summed E-state index contributed by atoms with van der Waals surface area (Å²) in [6, 6.07) is 6.29. The second kappa shape index (κ2) is 4.76. The van der Waals surface area contributed by atoms with Crippen LogP contribution in [0.3, 0.4) is 0 Å². The first kappa shape index (κ1) is 12.9. The van der Waals surface area contributed by atoms with Gasteiger partial charge in [-0.25, -0.2) is 0 Å². The Hall–Kier alpha value is -1.13. The number of anilines is 1. The lowest BCUT2D eigenvalue weighted by Crippen LogP contribution is -2.20. The van der Waals surface area contributed by atoms with Crippen LogP contribution in [0.2, 0.25) is 0 Å². The van der Waals surface area contributed by atoms with Crippen molar-refractivity contribution in [3.63, 3.8) is 0 Å². The zero-order valence-corrected chi connectivity index (χ0v) is 13.2. The number of nitrogens with zero attached hydrogens (tertiary/aromatic N) is 1. The van der Waals surface area contributed by atoms with Crippen LogP contribution in [0, 0.1) is 6.92 Å². The van der Waals surface area contributed by atoms with E-state index in [1.165, 1.54) is 16.7 Å². The fourth-order valence-electron chi connectivity index (χ4n) is 2.46. The van der Waals surface area contributed by atoms with Gasteiger partial charge in [0, 0.05) is 12.7 Å². The van der Waals surface area contributed by atoms with Crippen molar-refractivity contribution in [3.8, 4) is 0 Å². The zero-order valence-electron chi connectivity index (χ0n) is 10.8. The van der Waals surface area contributed by atoms with Crippen molar-refractivity contribution < 1.29 is 4.79 Å². The molecule has 1 amide bonds. The summed E-state index contributed by atoms with van der Waals surface area (Å²) in [5.41, 5.74) is 5.99. The third kappa shape index (κ3) is 2.13. The van der Waals surface area contributed by atoms with Crippen LogP contribution in [-0.2, 0) is 11.2 Å². The van der Waals surface area contributed by atoms with Gasteiger partial charge in [-0.15, -0.1) is 0 Å². The predicted octanol–water partition coefficient (Wildman–Crippen LogP) is 4.06. The van der Waals surface area contributed by atoms with Crippen LogP contribution in [0.15, 0.2) is 29.0 Å². The molecule has 0 spiro atoms. The molecule has 2 aromatic rings. The summed E-state index contributed by atoms with van der Waals surface area (Å²) in [7, 11) is 1.84. The number of benzene rings is 1. The van der Waals surface area contributed by atoms with E-state index in [0.717, 1.165) is 11.3 Å². The number of carbonyl (C=O) groups excluding carboxylic acids is 1. The van der Waals surface area contributed by atoms with Crippen LogP contribution in [0.5, 0.6) is 0 Å². The molecule has 3 rings (SSSR count). The van der Waals surface area contributed by atoms with E-state index in [1.807, 2.05) is 13.1 Å². The summed E-state index contributed by atoms with van der Waals surface area (Å²) in [5, 5.41) is 4.34. The third-order valence-corrected chi connectivity index (χ3v) is 5.54. The van der Waals surface area contributed by atoms with Crippen molar-refractivity contribution in [1.29, 1.82) is 0 Å². The van der Waals surface area contributed by atoms with Crippen LogP contribution in [0.4, 0.5) is 5.69 Å². The second-order valence-corrected chi connectivity index (χ2v) is 6.55. The van der Waals surface area contributed by atoms with Gasteiger partial charge in [-0.05, 0) is 46.0 Å². The van der Waals surface area contributed by atoms with Crippen molar-refractivity contribution in [2.45, 2.75) is 18.2 Å². The van der Waals surface area contributed by atoms with E-state index in [-0.39, 0.29) is 10.7 Å². The van der Waals surface area contributed by atoms with Crippen LogP contribution < -0.4 is 4.90 Å². The molecule has 2 nitrogen and oxygen atoms in total. The molecular weight excluding hydrogens is 322 g/mol. The average Bonchev–Trinajstić information content (AvgIpc) is 2.93. The molecule has 4 heteroatoms. The molecule has 0 saturated heterocycles. The first-order valence-electron chi connectivity index (χ1n) is 6.14. The smallest absolute Gasteiger partial charge is 0.231 e. The van der Waals surface area contributed by atoms with Crippen LogP contribution in [-0.4, -0.2) is 13.0 Å². The van der Waals surface area contributed by atoms with E-state index in [0.29, 0.717) is 6.42 Å². The molecule has 1 aliphatic rings. The maximum absolute atomic E-state index is 11.7. The van der Waals surface area contributed by atoms with Gasteiger partial charge in [0.25, 0.3) is 0 Å². The summed E-state index contributed by atoms with van der Waals surface area (Å²) in [4.78, 5) is 13.6. The quantitative estimate of drug-likeness (QED) is 0.758. The van der Waals surface area contributed by atoms with E-state index in [2.05, 4.69) is 45.7 Å². The standard InChI is InChI=1S/C15H14BrNOS/c1-9-7-19-8-12(9)15(16)10-3-4-13-11(5-10)6-14(18)17(13)2/h3-5,7-8,15H,6H2,1-2H3. The van der Waals surface area contributed by atoms with E-state index in [4.69, 9.17) is 0 Å². The van der Waals surface area contributed by atoms with Gasteiger partial charge >= 0.3 is 0 Å². The average molecular weight is 336 g/mol. The highest BCUT2D eigenvalue weighted by Gasteiger charge is 2.25. The Bertz CT molecular complexity index is 649. The van der Waals surface area contributed by atoms with E-state index in [1.54, 1.807) is 16.2 Å². The number of carbonyl (C=O) groups is 1. The largest absolute Gasteiger partial charge is 0.315 e. The van der Waals surface area contributed by atoms with Crippen molar-refractivity contribution in [2.24, 2.45) is 0 Å². The Morgan fingerprint density at radius 1 is 1.37 bits per heavy atom. The maximum atomic E-state index is 11.7. The normalized spacial score (nSPS) is 15.7. The Balaban J connectivity index is 1.98. The number of likely N-dealkylation sites (N-methyl/N-ethyl adjacent to an activating group) is 1. The Morgan fingerprint density at radius 2 is 2.16 bits per heavy atom. The van der Waals surface area contributed by atoms with Gasteiger partial charge in [0.2, 0.25) is 5.91 Å². The topological polar surface area (TPSA) is 20.3 Å². The van der Waals surface area contributed by atoms with E-state index in [9.17, 15) is 4.79 Å². The SMILES string of the molecule is Cc1cscc1C(Br)c1ccc2c(c1)CC(=O)N2C. The number of hydrogen-bond donors (Lipinski definition) is 0. The maximum Gasteiger partial charge on any atom is 0.231 e. The number of thiophene rings is 1. The van der Waals surface area contributed by atoms with E-state index < -0.39 is 0 Å². The van der Waals surface area contributed by atoms with Crippen molar-refractivity contribution in [3.05, 3.63) is 51.2 Å². The highest BCUT2D eigenvalue weighted by molar-refractivity contribution is 9.09. The van der Waals surface area contributed by atoms with Gasteiger partial charge in [0.1, 0.15) is 0 Å². The molecule has 1 aromatic heterocycles. The molecule has 0 bridgehead atoms.